The summed E-state index contributed by atoms with van der Waals surface area (Å²) in [5.74, 6) is -0.113. The smallest absolute Gasteiger partial charge is 0.185 e. The van der Waals surface area contributed by atoms with Gasteiger partial charge in [0.25, 0.3) is 0 Å². The molecule has 0 aliphatic rings. The van der Waals surface area contributed by atoms with Gasteiger partial charge in [0.2, 0.25) is 0 Å². The lowest BCUT2D eigenvalue weighted by Gasteiger charge is -2.16. The Morgan fingerprint density at radius 3 is 2.76 bits per heavy atom. The van der Waals surface area contributed by atoms with Crippen LogP contribution in [0.3, 0.4) is 0 Å². The van der Waals surface area contributed by atoms with Gasteiger partial charge >= 0.3 is 0 Å². The molecule has 0 saturated carbocycles. The summed E-state index contributed by atoms with van der Waals surface area (Å²) in [4.78, 5) is 7.79. The van der Waals surface area contributed by atoms with E-state index in [1.54, 1.807) is 23.5 Å². The Labute approximate surface area is 128 Å². The minimum absolute atomic E-state index is 0.244. The number of benzene rings is 1. The number of methoxy groups -OCH3 is 1. The quantitative estimate of drug-likeness (QED) is 0.845. The molecule has 2 aromatic rings. The van der Waals surface area contributed by atoms with Gasteiger partial charge in [-0.3, -0.25) is 0 Å². The highest BCUT2D eigenvalue weighted by atomic mass is 32.1. The molecule has 1 N–H and O–H groups in total. The zero-order valence-electron chi connectivity index (χ0n) is 12.5. The summed E-state index contributed by atoms with van der Waals surface area (Å²) in [7, 11) is 1.46. The molecule has 0 atom stereocenters. The van der Waals surface area contributed by atoms with Gasteiger partial charge in [0.05, 0.1) is 13.7 Å². The van der Waals surface area contributed by atoms with Gasteiger partial charge in [-0.15, -0.1) is 11.3 Å². The molecule has 0 fully saturated rings. The van der Waals surface area contributed by atoms with Crippen molar-refractivity contribution in [3.8, 4) is 5.75 Å². The molecule has 1 aromatic heterocycles. The van der Waals surface area contributed by atoms with Crippen molar-refractivity contribution in [1.82, 2.24) is 4.98 Å². The highest BCUT2D eigenvalue weighted by Gasteiger charge is 2.08. The molecule has 114 valence electrons. The summed E-state index contributed by atoms with van der Waals surface area (Å²) in [5.41, 5.74) is 0.825. The van der Waals surface area contributed by atoms with E-state index in [4.69, 9.17) is 4.74 Å². The zero-order valence-corrected chi connectivity index (χ0v) is 13.3. The Morgan fingerprint density at radius 1 is 1.33 bits per heavy atom. The Morgan fingerprint density at radius 2 is 2.10 bits per heavy atom. The predicted molar refractivity (Wildman–Crippen MR) is 86.0 cm³/mol. The molecule has 2 rings (SSSR count). The third-order valence-corrected chi connectivity index (χ3v) is 4.25. The number of hydrogen-bond acceptors (Lipinski definition) is 5. The fourth-order valence-electron chi connectivity index (χ4n) is 1.98. The number of nitrogens with zero attached hydrogens (tertiary/aromatic N) is 2. The molecule has 6 heteroatoms. The molecule has 0 unspecified atom stereocenters. The van der Waals surface area contributed by atoms with Crippen molar-refractivity contribution in [2.75, 3.05) is 30.4 Å². The normalized spacial score (nSPS) is 10.5. The van der Waals surface area contributed by atoms with Crippen LogP contribution in [0.5, 0.6) is 5.75 Å². The molecule has 4 nitrogen and oxygen atoms in total. The van der Waals surface area contributed by atoms with Crippen LogP contribution in [0.15, 0.2) is 24.4 Å². The Balaban J connectivity index is 2.00. The molecule has 0 radical (unpaired) electrons. The van der Waals surface area contributed by atoms with Crippen LogP contribution in [0.25, 0.3) is 0 Å². The number of thiazole rings is 1. The zero-order chi connectivity index (χ0) is 15.2. The van der Waals surface area contributed by atoms with Gasteiger partial charge in [0.1, 0.15) is 0 Å². The van der Waals surface area contributed by atoms with Crippen LogP contribution in [-0.2, 0) is 6.54 Å². The third kappa shape index (κ3) is 3.85. The molecule has 0 saturated heterocycles. The summed E-state index contributed by atoms with van der Waals surface area (Å²) < 4.78 is 18.3. The first kappa shape index (κ1) is 15.6. The van der Waals surface area contributed by atoms with Crippen LogP contribution in [0.1, 0.15) is 18.7 Å². The first-order valence-corrected chi connectivity index (χ1v) is 7.76. The molecule has 1 aromatic carbocycles. The Bertz CT molecular complexity index is 584. The van der Waals surface area contributed by atoms with E-state index in [-0.39, 0.29) is 11.6 Å². The van der Waals surface area contributed by atoms with Crippen molar-refractivity contribution in [3.05, 3.63) is 35.1 Å². The first-order valence-electron chi connectivity index (χ1n) is 6.95. The maximum absolute atomic E-state index is 13.3. The van der Waals surface area contributed by atoms with Crippen molar-refractivity contribution >= 4 is 22.2 Å². The number of anilines is 2. The first-order chi connectivity index (χ1) is 10.2. The van der Waals surface area contributed by atoms with E-state index in [9.17, 15) is 4.39 Å². The van der Waals surface area contributed by atoms with E-state index in [0.29, 0.717) is 6.54 Å². The second-order valence-corrected chi connectivity index (χ2v) is 5.58. The highest BCUT2D eigenvalue weighted by Crippen LogP contribution is 2.25. The van der Waals surface area contributed by atoms with E-state index in [0.717, 1.165) is 28.8 Å². The van der Waals surface area contributed by atoms with Crippen molar-refractivity contribution in [2.24, 2.45) is 0 Å². The van der Waals surface area contributed by atoms with Crippen molar-refractivity contribution in [3.63, 3.8) is 0 Å². The number of aromatic nitrogens is 1. The number of ether oxygens (including phenoxy) is 1. The standard InChI is InChI=1S/C15H20FN3OS/c1-4-19(5-2)15-18-10-12(21-15)9-17-11-6-7-13(16)14(8-11)20-3/h6-8,10,17H,4-5,9H2,1-3H3. The lowest BCUT2D eigenvalue weighted by molar-refractivity contribution is 0.387. The van der Waals surface area contributed by atoms with Gasteiger partial charge < -0.3 is 15.0 Å². The molecular weight excluding hydrogens is 289 g/mol. The van der Waals surface area contributed by atoms with E-state index in [1.165, 1.54) is 13.2 Å². The minimum Gasteiger partial charge on any atom is -0.494 e. The van der Waals surface area contributed by atoms with Gasteiger partial charge in [0.15, 0.2) is 16.7 Å². The third-order valence-electron chi connectivity index (χ3n) is 3.19. The summed E-state index contributed by atoms with van der Waals surface area (Å²) in [6.07, 6.45) is 1.88. The fraction of sp³-hybridized carbons (Fsp3) is 0.400. The van der Waals surface area contributed by atoms with E-state index in [2.05, 4.69) is 29.0 Å². The SMILES string of the molecule is CCN(CC)c1ncc(CNc2ccc(F)c(OC)c2)s1. The lowest BCUT2D eigenvalue weighted by atomic mass is 10.3. The van der Waals surface area contributed by atoms with Crippen LogP contribution in [-0.4, -0.2) is 25.2 Å². The summed E-state index contributed by atoms with van der Waals surface area (Å²) >= 11 is 1.67. The van der Waals surface area contributed by atoms with Crippen LogP contribution in [0.2, 0.25) is 0 Å². The fourth-order valence-corrected chi connectivity index (χ4v) is 2.96. The molecule has 0 aliphatic carbocycles. The van der Waals surface area contributed by atoms with Crippen molar-refractivity contribution in [1.29, 1.82) is 0 Å². The molecule has 21 heavy (non-hydrogen) atoms. The lowest BCUT2D eigenvalue weighted by Crippen LogP contribution is -2.21. The second-order valence-electron chi connectivity index (χ2n) is 4.48. The maximum atomic E-state index is 13.3. The Hall–Kier alpha value is -1.82. The molecule has 1 heterocycles. The topological polar surface area (TPSA) is 37.4 Å². The van der Waals surface area contributed by atoms with Crippen molar-refractivity contribution in [2.45, 2.75) is 20.4 Å². The van der Waals surface area contributed by atoms with E-state index >= 15 is 0 Å². The average molecular weight is 309 g/mol. The molecule has 0 spiro atoms. The maximum Gasteiger partial charge on any atom is 0.185 e. The molecule has 0 aliphatic heterocycles. The molecular formula is C15H20FN3OS. The summed E-state index contributed by atoms with van der Waals surface area (Å²) in [6, 6.07) is 4.75. The van der Waals surface area contributed by atoms with Crippen LogP contribution >= 0.6 is 11.3 Å². The van der Waals surface area contributed by atoms with E-state index < -0.39 is 0 Å². The number of halogens is 1. The predicted octanol–water partition coefficient (Wildman–Crippen LogP) is 3.75. The number of rotatable bonds is 7. The minimum atomic E-state index is -0.357. The highest BCUT2D eigenvalue weighted by molar-refractivity contribution is 7.15. The number of hydrogen-bond donors (Lipinski definition) is 1. The van der Waals surface area contributed by atoms with Crippen LogP contribution in [0.4, 0.5) is 15.2 Å². The van der Waals surface area contributed by atoms with Crippen molar-refractivity contribution < 1.29 is 9.13 Å². The van der Waals surface area contributed by atoms with Gasteiger partial charge in [-0.2, -0.15) is 0 Å². The van der Waals surface area contributed by atoms with Crippen LogP contribution in [0, 0.1) is 5.82 Å². The second kappa shape index (κ2) is 7.26. The van der Waals surface area contributed by atoms with E-state index in [1.807, 2.05) is 6.20 Å². The Kier molecular flexibility index (Phi) is 5.38. The monoisotopic (exact) mass is 309 g/mol. The largest absolute Gasteiger partial charge is 0.494 e. The summed E-state index contributed by atoms with van der Waals surface area (Å²) in [5, 5.41) is 4.29. The van der Waals surface area contributed by atoms with Gasteiger partial charge in [-0.05, 0) is 26.0 Å². The average Bonchev–Trinajstić information content (AvgIpc) is 2.96. The van der Waals surface area contributed by atoms with Gasteiger partial charge in [0, 0.05) is 35.9 Å². The number of nitrogens with one attached hydrogen (secondary N) is 1. The van der Waals surface area contributed by atoms with Gasteiger partial charge in [-0.25, -0.2) is 9.37 Å². The summed E-state index contributed by atoms with van der Waals surface area (Å²) in [6.45, 7) is 6.80. The molecule has 0 amide bonds. The van der Waals surface area contributed by atoms with Gasteiger partial charge in [-0.1, -0.05) is 0 Å². The molecule has 0 bridgehead atoms. The van der Waals surface area contributed by atoms with Crippen LogP contribution < -0.4 is 15.0 Å².